The Morgan fingerprint density at radius 1 is 1.44 bits per heavy atom. The van der Waals surface area contributed by atoms with Crippen molar-refractivity contribution in [3.63, 3.8) is 0 Å². The Balaban J connectivity index is 1.83. The molecule has 0 aliphatic carbocycles. The van der Waals surface area contributed by atoms with Crippen LogP contribution in [0, 0.1) is 0 Å². The lowest BCUT2D eigenvalue weighted by Gasteiger charge is -2.30. The second-order valence-electron chi connectivity index (χ2n) is 5.75. The van der Waals surface area contributed by atoms with Gasteiger partial charge in [0.25, 0.3) is 0 Å². The van der Waals surface area contributed by atoms with Gasteiger partial charge in [-0.3, -0.25) is 4.79 Å². The number of likely N-dealkylation sites (tertiary alicyclic amines) is 1. The van der Waals surface area contributed by atoms with Crippen molar-refractivity contribution in [2.45, 2.75) is 45.8 Å². The van der Waals surface area contributed by atoms with Gasteiger partial charge in [-0.2, -0.15) is 0 Å². The molecule has 1 saturated heterocycles. The largest absolute Gasteiger partial charge is 0.341 e. The smallest absolute Gasteiger partial charge is 0.244 e. The molecule has 0 spiro atoms. The molecule has 2 heterocycles. The molecule has 0 aromatic carbocycles. The zero-order chi connectivity index (χ0) is 13.2. The van der Waals surface area contributed by atoms with E-state index in [4.69, 9.17) is 0 Å². The van der Waals surface area contributed by atoms with Crippen LogP contribution in [0.2, 0.25) is 0 Å². The van der Waals surface area contributed by atoms with Gasteiger partial charge in [0, 0.05) is 25.2 Å². The molecule has 6 nitrogen and oxygen atoms in total. The first-order valence-electron chi connectivity index (χ1n) is 6.36. The van der Waals surface area contributed by atoms with E-state index in [1.807, 2.05) is 11.1 Å². The molecule has 18 heavy (non-hydrogen) atoms. The van der Waals surface area contributed by atoms with Crippen molar-refractivity contribution >= 4 is 5.91 Å². The molecule has 2 rings (SSSR count). The summed E-state index contributed by atoms with van der Waals surface area (Å²) in [6.07, 6.45) is 2.94. The zero-order valence-electron chi connectivity index (χ0n) is 11.3. The normalized spacial score (nSPS) is 15.6. The number of amides is 1. The van der Waals surface area contributed by atoms with Crippen LogP contribution in [0.4, 0.5) is 0 Å². The Hall–Kier alpha value is -1.43. The summed E-state index contributed by atoms with van der Waals surface area (Å²) in [6.45, 7) is 9.03. The topological polar surface area (TPSA) is 63.1 Å². The monoisotopic (exact) mass is 251 g/mol. The minimum atomic E-state index is 0.0528. The van der Waals surface area contributed by atoms with Gasteiger partial charge >= 0.3 is 0 Å². The van der Waals surface area contributed by atoms with E-state index in [2.05, 4.69) is 36.4 Å². The fraction of sp³-hybridized carbons (Fsp3) is 0.750. The summed E-state index contributed by atoms with van der Waals surface area (Å²) in [5, 5.41) is 11.4. The molecular formula is C12H21N5O. The molecular weight excluding hydrogens is 230 g/mol. The summed E-state index contributed by atoms with van der Waals surface area (Å²) < 4.78 is 1.61. The maximum Gasteiger partial charge on any atom is 0.244 e. The van der Waals surface area contributed by atoms with E-state index >= 15 is 0 Å². The van der Waals surface area contributed by atoms with E-state index in [-0.39, 0.29) is 11.4 Å². The van der Waals surface area contributed by atoms with Gasteiger partial charge in [-0.1, -0.05) is 5.21 Å². The summed E-state index contributed by atoms with van der Waals surface area (Å²) in [5.74, 6) is 0.126. The Morgan fingerprint density at radius 2 is 2.17 bits per heavy atom. The highest BCUT2D eigenvalue weighted by atomic mass is 16.2. The average Bonchev–Trinajstić information content (AvgIpc) is 2.58. The van der Waals surface area contributed by atoms with Crippen LogP contribution >= 0.6 is 0 Å². The first-order valence-corrected chi connectivity index (χ1v) is 6.36. The number of aromatic nitrogens is 3. The minimum absolute atomic E-state index is 0.0528. The quantitative estimate of drug-likeness (QED) is 0.841. The molecule has 0 radical (unpaired) electrons. The Morgan fingerprint density at radius 3 is 2.72 bits per heavy atom. The van der Waals surface area contributed by atoms with E-state index in [0.29, 0.717) is 13.1 Å². The lowest BCUT2D eigenvalue weighted by Crippen LogP contribution is -2.43. The molecule has 1 aliphatic rings. The molecule has 0 bridgehead atoms. The molecule has 100 valence electrons. The molecule has 0 saturated carbocycles. The number of nitrogens with one attached hydrogen (secondary N) is 1. The molecule has 0 unspecified atom stereocenters. The Labute approximate surface area is 107 Å². The van der Waals surface area contributed by atoms with E-state index in [1.54, 1.807) is 4.68 Å². The van der Waals surface area contributed by atoms with Gasteiger partial charge in [-0.25, -0.2) is 4.68 Å². The summed E-state index contributed by atoms with van der Waals surface area (Å²) in [4.78, 5) is 13.6. The second kappa shape index (κ2) is 5.06. The average molecular weight is 251 g/mol. The summed E-state index contributed by atoms with van der Waals surface area (Å²) in [5.41, 5.74) is 0.915. The van der Waals surface area contributed by atoms with E-state index in [1.165, 1.54) is 0 Å². The summed E-state index contributed by atoms with van der Waals surface area (Å²) in [7, 11) is 0. The maximum atomic E-state index is 11.7. The van der Waals surface area contributed by atoms with Gasteiger partial charge in [-0.05, 0) is 27.2 Å². The van der Waals surface area contributed by atoms with Crippen LogP contribution in [-0.2, 0) is 17.9 Å². The highest BCUT2D eigenvalue weighted by Gasteiger charge is 2.20. The third-order valence-corrected chi connectivity index (χ3v) is 2.89. The zero-order valence-corrected chi connectivity index (χ0v) is 11.3. The first-order chi connectivity index (χ1) is 8.44. The third-order valence-electron chi connectivity index (χ3n) is 2.89. The maximum absolute atomic E-state index is 11.7. The highest BCUT2D eigenvalue weighted by molar-refractivity contribution is 5.76. The van der Waals surface area contributed by atoms with Crippen molar-refractivity contribution in [2.24, 2.45) is 0 Å². The van der Waals surface area contributed by atoms with Gasteiger partial charge in [0.15, 0.2) is 0 Å². The van der Waals surface area contributed by atoms with Crippen molar-refractivity contribution in [1.29, 1.82) is 0 Å². The van der Waals surface area contributed by atoms with Crippen LogP contribution in [0.5, 0.6) is 0 Å². The lowest BCUT2D eigenvalue weighted by atomic mass is 10.1. The SMILES string of the molecule is CC(C)(C)NCc1cn(CC(=O)N2CCC2)nn1. The molecule has 1 fully saturated rings. The number of carbonyl (C=O) groups is 1. The van der Waals surface area contributed by atoms with Crippen molar-refractivity contribution in [2.75, 3.05) is 13.1 Å². The Kier molecular flexibility index (Phi) is 3.65. The van der Waals surface area contributed by atoms with Crippen molar-refractivity contribution < 1.29 is 4.79 Å². The van der Waals surface area contributed by atoms with Gasteiger partial charge in [0.2, 0.25) is 5.91 Å². The molecule has 1 aromatic rings. The number of hydrogen-bond acceptors (Lipinski definition) is 4. The first kappa shape index (κ1) is 13.0. The number of nitrogens with zero attached hydrogens (tertiary/aromatic N) is 4. The lowest BCUT2D eigenvalue weighted by molar-refractivity contribution is -0.135. The molecule has 1 aliphatic heterocycles. The van der Waals surface area contributed by atoms with Gasteiger partial charge < -0.3 is 10.2 Å². The van der Waals surface area contributed by atoms with Crippen molar-refractivity contribution in [3.8, 4) is 0 Å². The fourth-order valence-corrected chi connectivity index (χ4v) is 1.66. The number of hydrogen-bond donors (Lipinski definition) is 1. The van der Waals surface area contributed by atoms with Gasteiger partial charge in [0.1, 0.15) is 6.54 Å². The van der Waals surface area contributed by atoms with Crippen LogP contribution < -0.4 is 5.32 Å². The van der Waals surface area contributed by atoms with Crippen LogP contribution in [0.25, 0.3) is 0 Å². The standard InChI is InChI=1S/C12H21N5O/c1-12(2,3)13-7-10-8-17(15-14-10)9-11(18)16-5-4-6-16/h8,13H,4-7,9H2,1-3H3. The molecule has 1 amide bonds. The Bertz CT molecular complexity index is 416. The molecule has 1 aromatic heterocycles. The van der Waals surface area contributed by atoms with Crippen molar-refractivity contribution in [1.82, 2.24) is 25.2 Å². The van der Waals surface area contributed by atoms with Gasteiger partial charge in [-0.15, -0.1) is 5.10 Å². The van der Waals surface area contributed by atoms with Crippen LogP contribution in [0.1, 0.15) is 32.9 Å². The number of rotatable bonds is 4. The fourth-order valence-electron chi connectivity index (χ4n) is 1.66. The van der Waals surface area contributed by atoms with Gasteiger partial charge in [0.05, 0.1) is 11.9 Å². The third kappa shape index (κ3) is 3.53. The van der Waals surface area contributed by atoms with Crippen molar-refractivity contribution in [3.05, 3.63) is 11.9 Å². The highest BCUT2D eigenvalue weighted by Crippen LogP contribution is 2.07. The molecule has 0 atom stereocenters. The molecule has 1 N–H and O–H groups in total. The number of carbonyl (C=O) groups excluding carboxylic acids is 1. The van der Waals surface area contributed by atoms with Crippen LogP contribution in [-0.4, -0.2) is 44.4 Å². The van der Waals surface area contributed by atoms with Crippen LogP contribution in [0.15, 0.2) is 6.20 Å². The van der Waals surface area contributed by atoms with E-state index in [0.717, 1.165) is 25.2 Å². The minimum Gasteiger partial charge on any atom is -0.341 e. The van der Waals surface area contributed by atoms with E-state index in [9.17, 15) is 4.79 Å². The predicted molar refractivity (Wildman–Crippen MR) is 67.8 cm³/mol. The predicted octanol–water partition coefficient (Wildman–Crippen LogP) is 0.398. The summed E-state index contributed by atoms with van der Waals surface area (Å²) >= 11 is 0. The second-order valence-corrected chi connectivity index (χ2v) is 5.75. The summed E-state index contributed by atoms with van der Waals surface area (Å²) in [6, 6.07) is 0. The van der Waals surface area contributed by atoms with Crippen LogP contribution in [0.3, 0.4) is 0 Å². The molecule has 6 heteroatoms. The van der Waals surface area contributed by atoms with E-state index < -0.39 is 0 Å².